The largest absolute Gasteiger partial charge is 0.378 e. The minimum atomic E-state index is -3.16. The van der Waals surface area contributed by atoms with Gasteiger partial charge in [0.1, 0.15) is 0 Å². The Labute approximate surface area is 180 Å². The van der Waals surface area contributed by atoms with E-state index in [1.165, 1.54) is 18.0 Å². The number of carbonyl (C=O) groups is 1. The molecule has 0 saturated carbocycles. The molecule has 156 valence electrons. The van der Waals surface area contributed by atoms with Gasteiger partial charge >= 0.3 is 0 Å². The molecule has 3 rings (SSSR count). The highest BCUT2D eigenvalue weighted by atomic mass is 35.5. The Hall–Kier alpha value is -1.84. The fraction of sp³-hybridized carbons (Fsp3) is 0.421. The van der Waals surface area contributed by atoms with E-state index in [1.54, 1.807) is 4.90 Å². The molecule has 2 heterocycles. The van der Waals surface area contributed by atoms with Crippen molar-refractivity contribution in [1.29, 1.82) is 0 Å². The average Bonchev–Trinajstić information content (AvgIpc) is 3.05. The van der Waals surface area contributed by atoms with Crippen LogP contribution in [0.3, 0.4) is 0 Å². The predicted octanol–water partition coefficient (Wildman–Crippen LogP) is 2.75. The monoisotopic (exact) mass is 454 g/mol. The molecular formula is C19H23ClN4O3S2. The third-order valence-electron chi connectivity index (χ3n) is 4.82. The summed E-state index contributed by atoms with van der Waals surface area (Å²) in [5.41, 5.74) is 2.04. The maximum atomic E-state index is 13.4. The molecule has 1 aromatic heterocycles. The topological polar surface area (TPSA) is 83.5 Å². The maximum absolute atomic E-state index is 13.4. The van der Waals surface area contributed by atoms with Crippen LogP contribution in [0, 0.1) is 0 Å². The van der Waals surface area contributed by atoms with E-state index in [-0.39, 0.29) is 34.7 Å². The number of rotatable bonds is 6. The first kappa shape index (κ1) is 21.9. The molecule has 0 aliphatic carbocycles. The van der Waals surface area contributed by atoms with E-state index < -0.39 is 15.9 Å². The van der Waals surface area contributed by atoms with Crippen LogP contribution in [-0.4, -0.2) is 67.1 Å². The summed E-state index contributed by atoms with van der Waals surface area (Å²) in [5, 5.41) is 0.591. The van der Waals surface area contributed by atoms with Gasteiger partial charge in [-0.25, -0.2) is 18.4 Å². The highest BCUT2D eigenvalue weighted by molar-refractivity contribution is 7.98. The zero-order valence-electron chi connectivity index (χ0n) is 16.5. The van der Waals surface area contributed by atoms with Crippen LogP contribution in [0.2, 0.25) is 5.02 Å². The van der Waals surface area contributed by atoms with Crippen LogP contribution >= 0.6 is 23.4 Å². The number of nitrogens with zero attached hydrogens (tertiary/aromatic N) is 4. The summed E-state index contributed by atoms with van der Waals surface area (Å²) in [6.07, 6.45) is 3.62. The van der Waals surface area contributed by atoms with Crippen molar-refractivity contribution in [3.05, 3.63) is 46.7 Å². The molecule has 1 fully saturated rings. The number of sulfone groups is 1. The average molecular weight is 455 g/mol. The van der Waals surface area contributed by atoms with Crippen LogP contribution in [-0.2, 0) is 16.4 Å². The van der Waals surface area contributed by atoms with Gasteiger partial charge in [-0.2, -0.15) is 0 Å². The summed E-state index contributed by atoms with van der Waals surface area (Å²) in [5.74, 6) is -0.354. The van der Waals surface area contributed by atoms with Crippen LogP contribution in [0.5, 0.6) is 0 Å². The zero-order valence-corrected chi connectivity index (χ0v) is 18.9. The molecule has 2 aromatic rings. The van der Waals surface area contributed by atoms with Crippen molar-refractivity contribution in [2.75, 3.05) is 36.8 Å². The number of hydrogen-bond acceptors (Lipinski definition) is 7. The molecule has 7 nitrogen and oxygen atoms in total. The van der Waals surface area contributed by atoms with Crippen LogP contribution < -0.4 is 4.90 Å². The molecular weight excluding hydrogens is 432 g/mol. The lowest BCUT2D eigenvalue weighted by molar-refractivity contribution is 0.0674. The van der Waals surface area contributed by atoms with Crippen molar-refractivity contribution < 1.29 is 13.2 Å². The molecule has 1 unspecified atom stereocenters. The van der Waals surface area contributed by atoms with Gasteiger partial charge in [0.25, 0.3) is 5.91 Å². The van der Waals surface area contributed by atoms with Gasteiger partial charge in [-0.1, -0.05) is 35.5 Å². The first-order valence-electron chi connectivity index (χ1n) is 9.04. The Balaban J connectivity index is 1.94. The molecule has 1 aromatic carbocycles. The van der Waals surface area contributed by atoms with Gasteiger partial charge in [0.2, 0.25) is 0 Å². The van der Waals surface area contributed by atoms with E-state index >= 15 is 0 Å². The Morgan fingerprint density at radius 2 is 1.97 bits per heavy atom. The molecule has 0 spiro atoms. The van der Waals surface area contributed by atoms with Crippen LogP contribution in [0.15, 0.2) is 35.6 Å². The Bertz CT molecular complexity index is 997. The summed E-state index contributed by atoms with van der Waals surface area (Å²) in [6.45, 7) is 0.279. The second kappa shape index (κ2) is 8.89. The van der Waals surface area contributed by atoms with Crippen molar-refractivity contribution in [1.82, 2.24) is 14.9 Å². The Morgan fingerprint density at radius 3 is 2.52 bits per heavy atom. The highest BCUT2D eigenvalue weighted by Gasteiger charge is 2.36. The van der Waals surface area contributed by atoms with Crippen molar-refractivity contribution in [3.63, 3.8) is 0 Å². The van der Waals surface area contributed by atoms with E-state index in [1.807, 2.05) is 49.5 Å². The minimum absolute atomic E-state index is 0.0490. The van der Waals surface area contributed by atoms with E-state index in [0.717, 1.165) is 11.3 Å². The standard InChI is InChI=1S/C19H23ClN4O3S2/c1-23(2)14-6-4-13(5-7-14)11-24(15-8-9-29(26,27)12-15)18(25)17-16(20)10-21-19(22-17)28-3/h4-7,10,15H,8-9,11-12H2,1-3H3. The molecule has 1 amide bonds. The third-order valence-corrected chi connectivity index (χ3v) is 7.41. The van der Waals surface area contributed by atoms with Gasteiger partial charge in [0, 0.05) is 32.4 Å². The molecule has 10 heteroatoms. The van der Waals surface area contributed by atoms with Crippen LogP contribution in [0.25, 0.3) is 0 Å². The first-order chi connectivity index (χ1) is 13.7. The van der Waals surface area contributed by atoms with Crippen molar-refractivity contribution >= 4 is 44.8 Å². The molecule has 1 saturated heterocycles. The molecule has 29 heavy (non-hydrogen) atoms. The number of thioether (sulfide) groups is 1. The smallest absolute Gasteiger partial charge is 0.274 e. The lowest BCUT2D eigenvalue weighted by Gasteiger charge is -2.28. The van der Waals surface area contributed by atoms with Crippen LogP contribution in [0.4, 0.5) is 5.69 Å². The van der Waals surface area contributed by atoms with Gasteiger partial charge in [-0.15, -0.1) is 0 Å². The fourth-order valence-corrected chi connectivity index (χ4v) is 5.46. The molecule has 0 radical (unpaired) electrons. The zero-order chi connectivity index (χ0) is 21.2. The third kappa shape index (κ3) is 5.21. The lowest BCUT2D eigenvalue weighted by atomic mass is 10.1. The second-order valence-electron chi connectivity index (χ2n) is 7.10. The number of halogens is 1. The lowest BCUT2D eigenvalue weighted by Crippen LogP contribution is -2.41. The fourth-order valence-electron chi connectivity index (χ4n) is 3.22. The number of hydrogen-bond donors (Lipinski definition) is 0. The van der Waals surface area contributed by atoms with E-state index in [4.69, 9.17) is 11.6 Å². The van der Waals surface area contributed by atoms with Crippen LogP contribution in [0.1, 0.15) is 22.5 Å². The summed E-state index contributed by atoms with van der Waals surface area (Å²) in [4.78, 5) is 25.3. The van der Waals surface area contributed by atoms with E-state index in [0.29, 0.717) is 11.6 Å². The van der Waals surface area contributed by atoms with E-state index in [9.17, 15) is 13.2 Å². The molecule has 1 aliphatic heterocycles. The molecule has 0 bridgehead atoms. The first-order valence-corrected chi connectivity index (χ1v) is 12.5. The number of aromatic nitrogens is 2. The molecule has 0 N–H and O–H groups in total. The number of anilines is 1. The van der Waals surface area contributed by atoms with Gasteiger partial charge < -0.3 is 9.80 Å². The number of amides is 1. The van der Waals surface area contributed by atoms with Gasteiger partial charge in [-0.3, -0.25) is 4.79 Å². The van der Waals surface area contributed by atoms with Crippen molar-refractivity contribution in [2.45, 2.75) is 24.2 Å². The van der Waals surface area contributed by atoms with Gasteiger partial charge in [0.05, 0.1) is 22.7 Å². The predicted molar refractivity (Wildman–Crippen MR) is 117 cm³/mol. The number of carbonyl (C=O) groups excluding carboxylic acids is 1. The van der Waals surface area contributed by atoms with Gasteiger partial charge in [-0.05, 0) is 30.4 Å². The van der Waals surface area contributed by atoms with Crippen molar-refractivity contribution in [3.8, 4) is 0 Å². The second-order valence-corrected chi connectivity index (χ2v) is 10.5. The number of benzene rings is 1. The van der Waals surface area contributed by atoms with E-state index in [2.05, 4.69) is 9.97 Å². The quantitative estimate of drug-likeness (QED) is 0.490. The Kier molecular flexibility index (Phi) is 6.70. The highest BCUT2D eigenvalue weighted by Crippen LogP contribution is 2.25. The normalized spacial score (nSPS) is 17.9. The summed E-state index contributed by atoms with van der Waals surface area (Å²) < 4.78 is 24.1. The maximum Gasteiger partial charge on any atom is 0.274 e. The molecule has 1 aliphatic rings. The van der Waals surface area contributed by atoms with Gasteiger partial charge in [0.15, 0.2) is 20.7 Å². The summed E-state index contributed by atoms with van der Waals surface area (Å²) in [6, 6.07) is 7.40. The van der Waals surface area contributed by atoms with Crippen molar-refractivity contribution in [2.24, 2.45) is 0 Å². The Morgan fingerprint density at radius 1 is 1.28 bits per heavy atom. The SMILES string of the molecule is CSc1ncc(Cl)c(C(=O)N(Cc2ccc(N(C)C)cc2)C2CCS(=O)(=O)C2)n1. The summed E-state index contributed by atoms with van der Waals surface area (Å²) in [7, 11) is 0.746. The summed E-state index contributed by atoms with van der Waals surface area (Å²) >= 11 is 7.52. The minimum Gasteiger partial charge on any atom is -0.378 e. The molecule has 1 atom stereocenters.